The Kier molecular flexibility index (Phi) is 5.74. The van der Waals surface area contributed by atoms with Crippen LogP contribution in [0, 0.1) is 5.82 Å². The maximum Gasteiger partial charge on any atom is 0.293 e. The molecule has 0 aromatic heterocycles. The number of halogens is 3. The predicted molar refractivity (Wildman–Crippen MR) is 105 cm³/mol. The number of amides is 2. The summed E-state index contributed by atoms with van der Waals surface area (Å²) in [7, 11) is 0. The summed E-state index contributed by atoms with van der Waals surface area (Å²) in [6.07, 6.45) is 1.50. The largest absolute Gasteiger partial charge is 0.293 e. The second kappa shape index (κ2) is 7.85. The van der Waals surface area contributed by atoms with Crippen molar-refractivity contribution in [3.05, 3.63) is 73.3 Å². The zero-order chi connectivity index (χ0) is 18.8. The first kappa shape index (κ1) is 19.0. The van der Waals surface area contributed by atoms with Gasteiger partial charge in [-0.15, -0.1) is 0 Å². The van der Waals surface area contributed by atoms with Gasteiger partial charge in [0.1, 0.15) is 5.82 Å². The average molecular weight is 499 g/mol. The van der Waals surface area contributed by atoms with Gasteiger partial charge in [0.05, 0.1) is 15.9 Å². The van der Waals surface area contributed by atoms with Crippen molar-refractivity contribution in [1.82, 2.24) is 4.90 Å². The highest BCUT2D eigenvalue weighted by atomic mass is 79.9. The molecule has 0 aliphatic carbocycles. The van der Waals surface area contributed by atoms with Crippen LogP contribution in [0.25, 0.3) is 6.08 Å². The number of carbonyl (C=O) groups is 3. The average Bonchev–Trinajstić information content (AvgIpc) is 2.86. The van der Waals surface area contributed by atoms with Crippen LogP contribution < -0.4 is 0 Å². The standard InChI is InChI=1S/C18H10Br2FNO3S/c19-12-4-2-11(3-5-12)15(23)9-22-17(24)16(26-18(22)25)8-10-1-6-14(21)13(20)7-10/h1-8H,9H2/b16-8+. The molecule has 1 aliphatic heterocycles. The van der Waals surface area contributed by atoms with Crippen molar-refractivity contribution in [3.8, 4) is 0 Å². The summed E-state index contributed by atoms with van der Waals surface area (Å²) in [5.41, 5.74) is 0.988. The molecule has 1 saturated heterocycles. The van der Waals surface area contributed by atoms with Crippen LogP contribution >= 0.6 is 43.6 Å². The molecule has 1 heterocycles. The first-order valence-electron chi connectivity index (χ1n) is 7.34. The van der Waals surface area contributed by atoms with E-state index in [1.807, 2.05) is 0 Å². The Morgan fingerprint density at radius 2 is 1.81 bits per heavy atom. The van der Waals surface area contributed by atoms with Gasteiger partial charge in [-0.05, 0) is 63.6 Å². The molecule has 1 fully saturated rings. The van der Waals surface area contributed by atoms with Gasteiger partial charge in [-0.1, -0.05) is 34.1 Å². The number of hydrogen-bond acceptors (Lipinski definition) is 4. The number of imide groups is 1. The molecular weight excluding hydrogens is 489 g/mol. The van der Waals surface area contributed by atoms with Gasteiger partial charge >= 0.3 is 0 Å². The number of thioether (sulfide) groups is 1. The Hall–Kier alpha value is -1.77. The number of carbonyl (C=O) groups excluding carboxylic acids is 3. The second-order valence-electron chi connectivity index (χ2n) is 5.37. The molecule has 0 N–H and O–H groups in total. The van der Waals surface area contributed by atoms with Crippen molar-refractivity contribution in [1.29, 1.82) is 0 Å². The van der Waals surface area contributed by atoms with Gasteiger partial charge in [0.25, 0.3) is 11.1 Å². The molecule has 0 atom stereocenters. The molecule has 26 heavy (non-hydrogen) atoms. The van der Waals surface area contributed by atoms with E-state index < -0.39 is 17.0 Å². The van der Waals surface area contributed by atoms with Crippen molar-refractivity contribution >= 4 is 66.6 Å². The molecule has 1 aliphatic rings. The van der Waals surface area contributed by atoms with Crippen molar-refractivity contribution in [2.45, 2.75) is 0 Å². The van der Waals surface area contributed by atoms with Crippen LogP contribution in [0.4, 0.5) is 9.18 Å². The molecule has 3 rings (SSSR count). The molecule has 4 nitrogen and oxygen atoms in total. The zero-order valence-electron chi connectivity index (χ0n) is 13.0. The van der Waals surface area contributed by atoms with Crippen LogP contribution in [0.3, 0.4) is 0 Å². The van der Waals surface area contributed by atoms with Gasteiger partial charge in [-0.3, -0.25) is 19.3 Å². The van der Waals surface area contributed by atoms with E-state index in [1.54, 1.807) is 24.3 Å². The maximum absolute atomic E-state index is 13.3. The first-order valence-corrected chi connectivity index (χ1v) is 9.74. The van der Waals surface area contributed by atoms with Gasteiger partial charge in [0.2, 0.25) is 0 Å². The lowest BCUT2D eigenvalue weighted by Crippen LogP contribution is -2.33. The first-order chi connectivity index (χ1) is 12.3. The zero-order valence-corrected chi connectivity index (χ0v) is 17.0. The SMILES string of the molecule is O=C(CN1C(=O)S/C(=C/c2ccc(F)c(Br)c2)C1=O)c1ccc(Br)cc1. The third-order valence-electron chi connectivity index (χ3n) is 3.58. The van der Waals surface area contributed by atoms with Crippen molar-refractivity contribution in [3.63, 3.8) is 0 Å². The molecule has 0 radical (unpaired) electrons. The Balaban J connectivity index is 1.78. The maximum atomic E-state index is 13.3. The van der Waals surface area contributed by atoms with E-state index in [0.29, 0.717) is 11.1 Å². The van der Waals surface area contributed by atoms with E-state index in [0.717, 1.165) is 21.1 Å². The summed E-state index contributed by atoms with van der Waals surface area (Å²) in [6.45, 7) is -0.323. The number of hydrogen-bond donors (Lipinski definition) is 0. The van der Waals surface area contributed by atoms with Crippen LogP contribution in [-0.2, 0) is 4.79 Å². The van der Waals surface area contributed by atoms with Crippen LogP contribution in [0.15, 0.2) is 56.3 Å². The summed E-state index contributed by atoms with van der Waals surface area (Å²) in [4.78, 5) is 38.0. The summed E-state index contributed by atoms with van der Waals surface area (Å²) in [5, 5.41) is -0.507. The Labute approximate surface area is 169 Å². The highest BCUT2D eigenvalue weighted by Gasteiger charge is 2.36. The fourth-order valence-corrected chi connectivity index (χ4v) is 3.76. The molecule has 0 bridgehead atoms. The van der Waals surface area contributed by atoms with Crippen molar-refractivity contribution < 1.29 is 18.8 Å². The minimum atomic E-state index is -0.536. The van der Waals surface area contributed by atoms with Crippen LogP contribution in [-0.4, -0.2) is 28.4 Å². The Bertz CT molecular complexity index is 944. The molecule has 0 spiro atoms. The predicted octanol–water partition coefficient (Wildman–Crippen LogP) is 5.27. The summed E-state index contributed by atoms with van der Waals surface area (Å²) in [6, 6.07) is 10.9. The van der Waals surface area contributed by atoms with Crippen LogP contribution in [0.1, 0.15) is 15.9 Å². The molecule has 2 aromatic carbocycles. The lowest BCUT2D eigenvalue weighted by atomic mass is 10.1. The second-order valence-corrected chi connectivity index (χ2v) is 8.13. The highest BCUT2D eigenvalue weighted by molar-refractivity contribution is 9.10. The van der Waals surface area contributed by atoms with E-state index in [9.17, 15) is 18.8 Å². The van der Waals surface area contributed by atoms with Gasteiger partial charge < -0.3 is 0 Å². The summed E-state index contributed by atoms with van der Waals surface area (Å²) >= 11 is 7.12. The highest BCUT2D eigenvalue weighted by Crippen LogP contribution is 2.33. The van der Waals surface area contributed by atoms with E-state index in [4.69, 9.17) is 0 Å². The minimum Gasteiger partial charge on any atom is -0.292 e. The molecule has 0 saturated carbocycles. The number of benzene rings is 2. The number of Topliss-reactive ketones (excluding diaryl/α,β-unsaturated/α-hetero) is 1. The molecule has 8 heteroatoms. The van der Waals surface area contributed by atoms with Crippen molar-refractivity contribution in [2.75, 3.05) is 6.54 Å². The van der Waals surface area contributed by atoms with E-state index >= 15 is 0 Å². The van der Waals surface area contributed by atoms with Gasteiger partial charge in [0.15, 0.2) is 5.78 Å². The monoisotopic (exact) mass is 497 g/mol. The lowest BCUT2D eigenvalue weighted by Gasteiger charge is -2.11. The fourth-order valence-electron chi connectivity index (χ4n) is 2.26. The third-order valence-corrected chi connectivity index (χ3v) is 5.63. The third kappa shape index (κ3) is 4.13. The fraction of sp³-hybridized carbons (Fsp3) is 0.0556. The lowest BCUT2D eigenvalue weighted by molar-refractivity contribution is -0.122. The molecule has 2 amide bonds. The quantitative estimate of drug-likeness (QED) is 0.425. The number of ketones is 1. The van der Waals surface area contributed by atoms with Gasteiger partial charge in [0, 0.05) is 10.0 Å². The Morgan fingerprint density at radius 1 is 1.12 bits per heavy atom. The summed E-state index contributed by atoms with van der Waals surface area (Å²) in [5.74, 6) is -1.29. The molecule has 2 aromatic rings. The molecule has 0 unspecified atom stereocenters. The number of rotatable bonds is 4. The normalized spacial score (nSPS) is 15.8. The van der Waals surface area contributed by atoms with Crippen molar-refractivity contribution in [2.24, 2.45) is 0 Å². The van der Waals surface area contributed by atoms with E-state index in [1.165, 1.54) is 24.3 Å². The Morgan fingerprint density at radius 3 is 2.46 bits per heavy atom. The topological polar surface area (TPSA) is 54.5 Å². The van der Waals surface area contributed by atoms with Crippen LogP contribution in [0.2, 0.25) is 0 Å². The number of nitrogens with zero attached hydrogens (tertiary/aromatic N) is 1. The van der Waals surface area contributed by atoms with Gasteiger partial charge in [-0.2, -0.15) is 0 Å². The molecule has 132 valence electrons. The van der Waals surface area contributed by atoms with E-state index in [2.05, 4.69) is 31.9 Å². The molecular formula is C18H10Br2FNO3S. The van der Waals surface area contributed by atoms with Gasteiger partial charge in [-0.25, -0.2) is 4.39 Å². The summed E-state index contributed by atoms with van der Waals surface area (Å²) < 4.78 is 14.4. The smallest absolute Gasteiger partial charge is 0.292 e. The minimum absolute atomic E-state index is 0.192. The van der Waals surface area contributed by atoms with E-state index in [-0.39, 0.29) is 21.7 Å². The van der Waals surface area contributed by atoms with Crippen LogP contribution in [0.5, 0.6) is 0 Å².